The lowest BCUT2D eigenvalue weighted by Crippen LogP contribution is -2.32. The minimum atomic E-state index is -0.738. The minimum Gasteiger partial charge on any atom is -0.295 e. The van der Waals surface area contributed by atoms with Crippen LogP contribution in [0.1, 0.15) is 36.8 Å². The Morgan fingerprint density at radius 1 is 0.700 bits per heavy atom. The number of carbonyl (C=O) groups excluding carboxylic acids is 3. The Bertz CT molecular complexity index is 813. The average Bonchev–Trinajstić information content (AvgIpc) is 2.95. The number of nitrogens with zero attached hydrogens (tertiary/aromatic N) is 3. The number of rotatable bonds is 11. The van der Waals surface area contributed by atoms with Crippen LogP contribution in [0.5, 0.6) is 0 Å². The lowest BCUT2D eigenvalue weighted by molar-refractivity contribution is -0.142. The van der Waals surface area contributed by atoms with Crippen LogP contribution in [0.3, 0.4) is 0 Å². The highest BCUT2D eigenvalue weighted by molar-refractivity contribution is 6.44. The molecule has 0 bridgehead atoms. The number of likely N-dealkylation sites (N-methyl/N-ethyl adjacent to an activating group) is 1. The fraction of sp³-hybridized carbons (Fsp3) is 0.375. The molecule has 1 aliphatic heterocycles. The number of carbonyl (C=O) groups is 3. The molecule has 1 heterocycles. The number of benzene rings is 2. The average molecular weight is 408 g/mol. The van der Waals surface area contributed by atoms with Gasteiger partial charge >= 0.3 is 17.8 Å². The van der Waals surface area contributed by atoms with E-state index in [-0.39, 0.29) is 0 Å². The van der Waals surface area contributed by atoms with Crippen molar-refractivity contribution >= 4 is 17.8 Å². The third kappa shape index (κ3) is 5.76. The van der Waals surface area contributed by atoms with E-state index in [9.17, 15) is 14.4 Å². The molecule has 4 amide bonds. The molecule has 0 atom stereocenters. The van der Waals surface area contributed by atoms with Crippen LogP contribution >= 0.6 is 0 Å². The van der Waals surface area contributed by atoms with Crippen LogP contribution in [0.2, 0.25) is 0 Å². The SMILES string of the molecule is CN1C(=O)C(=O)N(CCCCCCN(Cc2ccccc2)Cc2ccccc2)C1=O. The molecule has 0 saturated carbocycles. The van der Waals surface area contributed by atoms with E-state index in [1.807, 2.05) is 12.1 Å². The Kier molecular flexibility index (Phi) is 7.74. The number of urea groups is 1. The molecule has 0 spiro atoms. The molecular formula is C24H29N3O3. The Balaban J connectivity index is 1.43. The first-order valence-corrected chi connectivity index (χ1v) is 10.5. The molecule has 0 N–H and O–H groups in total. The van der Waals surface area contributed by atoms with E-state index in [1.165, 1.54) is 18.2 Å². The van der Waals surface area contributed by atoms with Gasteiger partial charge in [-0.2, -0.15) is 0 Å². The Morgan fingerprint density at radius 3 is 1.73 bits per heavy atom. The van der Waals surface area contributed by atoms with Crippen molar-refractivity contribution in [3.8, 4) is 0 Å². The van der Waals surface area contributed by atoms with E-state index >= 15 is 0 Å². The maximum absolute atomic E-state index is 11.9. The monoisotopic (exact) mass is 407 g/mol. The maximum Gasteiger partial charge on any atom is 0.333 e. The zero-order valence-electron chi connectivity index (χ0n) is 17.5. The predicted octanol–water partition coefficient (Wildman–Crippen LogP) is 3.67. The van der Waals surface area contributed by atoms with Crippen LogP contribution in [0.15, 0.2) is 60.7 Å². The van der Waals surface area contributed by atoms with Gasteiger partial charge in [-0.1, -0.05) is 73.5 Å². The van der Waals surface area contributed by atoms with Crippen LogP contribution in [0, 0.1) is 0 Å². The fourth-order valence-electron chi connectivity index (χ4n) is 3.67. The number of hydrogen-bond acceptors (Lipinski definition) is 4. The van der Waals surface area contributed by atoms with Crippen LogP contribution < -0.4 is 0 Å². The molecular weight excluding hydrogens is 378 g/mol. The second-order valence-corrected chi connectivity index (χ2v) is 7.70. The fourth-order valence-corrected chi connectivity index (χ4v) is 3.67. The molecule has 1 saturated heterocycles. The lowest BCUT2D eigenvalue weighted by Gasteiger charge is -2.23. The van der Waals surface area contributed by atoms with Gasteiger partial charge in [0.05, 0.1) is 0 Å². The first-order chi connectivity index (χ1) is 14.6. The van der Waals surface area contributed by atoms with E-state index in [2.05, 4.69) is 53.4 Å². The zero-order valence-corrected chi connectivity index (χ0v) is 17.5. The maximum atomic E-state index is 11.9. The smallest absolute Gasteiger partial charge is 0.295 e. The molecule has 0 unspecified atom stereocenters. The van der Waals surface area contributed by atoms with Gasteiger partial charge in [-0.05, 0) is 30.5 Å². The number of unbranched alkanes of at least 4 members (excludes halogenated alkanes) is 3. The van der Waals surface area contributed by atoms with Crippen LogP contribution in [0.4, 0.5) is 4.79 Å². The highest BCUT2D eigenvalue weighted by Gasteiger charge is 2.41. The van der Waals surface area contributed by atoms with E-state index in [0.29, 0.717) is 6.54 Å². The van der Waals surface area contributed by atoms with Gasteiger partial charge in [-0.3, -0.25) is 24.3 Å². The van der Waals surface area contributed by atoms with Gasteiger partial charge in [0.1, 0.15) is 0 Å². The second-order valence-electron chi connectivity index (χ2n) is 7.70. The van der Waals surface area contributed by atoms with Crippen molar-refractivity contribution in [2.45, 2.75) is 38.8 Å². The van der Waals surface area contributed by atoms with Crippen molar-refractivity contribution < 1.29 is 14.4 Å². The van der Waals surface area contributed by atoms with Crippen LogP contribution in [0.25, 0.3) is 0 Å². The Morgan fingerprint density at radius 2 is 1.23 bits per heavy atom. The Labute approximate surface area is 178 Å². The van der Waals surface area contributed by atoms with Gasteiger partial charge in [0, 0.05) is 26.7 Å². The van der Waals surface area contributed by atoms with Crippen molar-refractivity contribution in [3.63, 3.8) is 0 Å². The first kappa shape index (κ1) is 21.7. The number of hydrogen-bond donors (Lipinski definition) is 0. The summed E-state index contributed by atoms with van der Waals surface area (Å²) in [6, 6.07) is 20.4. The van der Waals surface area contributed by atoms with Crippen molar-refractivity contribution in [2.75, 3.05) is 20.1 Å². The van der Waals surface area contributed by atoms with Crippen molar-refractivity contribution in [1.82, 2.24) is 14.7 Å². The van der Waals surface area contributed by atoms with Crippen LogP contribution in [-0.2, 0) is 22.7 Å². The molecule has 2 aromatic rings. The van der Waals surface area contributed by atoms with E-state index in [1.54, 1.807) is 0 Å². The van der Waals surface area contributed by atoms with Gasteiger partial charge in [-0.15, -0.1) is 0 Å². The molecule has 6 heteroatoms. The normalized spacial score (nSPS) is 14.3. The second kappa shape index (κ2) is 10.7. The number of amides is 4. The van der Waals surface area contributed by atoms with Gasteiger partial charge < -0.3 is 0 Å². The van der Waals surface area contributed by atoms with Crippen LogP contribution in [-0.4, -0.2) is 52.7 Å². The predicted molar refractivity (Wildman–Crippen MR) is 115 cm³/mol. The van der Waals surface area contributed by atoms with Crippen molar-refractivity contribution in [1.29, 1.82) is 0 Å². The van der Waals surface area contributed by atoms with Gasteiger partial charge in [0.2, 0.25) is 0 Å². The highest BCUT2D eigenvalue weighted by atomic mass is 16.2. The summed E-state index contributed by atoms with van der Waals surface area (Å²) >= 11 is 0. The molecule has 0 aromatic heterocycles. The van der Waals surface area contributed by atoms with Crippen molar-refractivity contribution in [2.24, 2.45) is 0 Å². The van der Waals surface area contributed by atoms with E-state index in [0.717, 1.165) is 55.1 Å². The summed E-state index contributed by atoms with van der Waals surface area (Å²) in [5.74, 6) is -1.45. The first-order valence-electron chi connectivity index (χ1n) is 10.5. The lowest BCUT2D eigenvalue weighted by atomic mass is 10.1. The topological polar surface area (TPSA) is 60.9 Å². The largest absolute Gasteiger partial charge is 0.333 e. The zero-order chi connectivity index (χ0) is 21.3. The molecule has 1 aliphatic rings. The van der Waals surface area contributed by atoms with Gasteiger partial charge in [0.15, 0.2) is 0 Å². The highest BCUT2D eigenvalue weighted by Crippen LogP contribution is 2.14. The number of imide groups is 2. The summed E-state index contributed by atoms with van der Waals surface area (Å²) in [7, 11) is 1.34. The Hall–Kier alpha value is -2.99. The van der Waals surface area contributed by atoms with Gasteiger partial charge in [-0.25, -0.2) is 4.79 Å². The summed E-state index contributed by atoms with van der Waals surface area (Å²) in [4.78, 5) is 39.6. The van der Waals surface area contributed by atoms with E-state index in [4.69, 9.17) is 0 Å². The standard InChI is InChI=1S/C24H29N3O3/c1-25-22(28)23(29)27(24(25)30)17-11-3-2-10-16-26(18-20-12-6-4-7-13-20)19-21-14-8-5-9-15-21/h4-9,12-15H,2-3,10-11,16-19H2,1H3. The summed E-state index contributed by atoms with van der Waals surface area (Å²) in [5, 5.41) is 0. The summed E-state index contributed by atoms with van der Waals surface area (Å²) < 4.78 is 0. The molecule has 3 rings (SSSR count). The third-order valence-electron chi connectivity index (χ3n) is 5.35. The summed E-state index contributed by atoms with van der Waals surface area (Å²) in [6.45, 7) is 3.10. The molecule has 0 radical (unpaired) electrons. The minimum absolute atomic E-state index is 0.311. The summed E-state index contributed by atoms with van der Waals surface area (Å²) in [5.41, 5.74) is 2.60. The molecule has 30 heavy (non-hydrogen) atoms. The van der Waals surface area contributed by atoms with E-state index < -0.39 is 17.8 Å². The molecule has 158 valence electrons. The quantitative estimate of drug-likeness (QED) is 0.324. The molecule has 6 nitrogen and oxygen atoms in total. The van der Waals surface area contributed by atoms with Gasteiger partial charge in [0.25, 0.3) is 0 Å². The molecule has 0 aliphatic carbocycles. The third-order valence-corrected chi connectivity index (χ3v) is 5.35. The molecule has 1 fully saturated rings. The summed E-state index contributed by atoms with van der Waals surface area (Å²) in [6.07, 6.45) is 3.69. The van der Waals surface area contributed by atoms with Crippen molar-refractivity contribution in [3.05, 3.63) is 71.8 Å². The molecule has 2 aromatic carbocycles.